The van der Waals surface area contributed by atoms with Crippen molar-refractivity contribution >= 4 is 16.1 Å². The molecule has 0 aromatic heterocycles. The van der Waals surface area contributed by atoms with Crippen LogP contribution in [0.1, 0.15) is 25.3 Å². The van der Waals surface area contributed by atoms with Crippen molar-refractivity contribution in [3.8, 4) is 0 Å². The summed E-state index contributed by atoms with van der Waals surface area (Å²) in [6.45, 7) is 1.94. The maximum atomic E-state index is 11.8. The van der Waals surface area contributed by atoms with Crippen LogP contribution in [0.15, 0.2) is 30.3 Å². The summed E-state index contributed by atoms with van der Waals surface area (Å²) in [6.07, 6.45) is 0.783. The van der Waals surface area contributed by atoms with Crippen molar-refractivity contribution < 1.29 is 22.1 Å². The zero-order valence-corrected chi connectivity index (χ0v) is 11.9. The summed E-state index contributed by atoms with van der Waals surface area (Å²) >= 11 is 0. The highest BCUT2D eigenvalue weighted by Gasteiger charge is 2.24. The van der Waals surface area contributed by atoms with Crippen LogP contribution < -0.4 is 0 Å². The SMILES string of the molecule is CCC[C@@H](OS(C)(=O)=O)C(=O)OCc1ccccc1. The number of benzene rings is 1. The largest absolute Gasteiger partial charge is 0.459 e. The first-order valence-electron chi connectivity index (χ1n) is 6.01. The van der Waals surface area contributed by atoms with E-state index in [1.807, 2.05) is 37.3 Å². The van der Waals surface area contributed by atoms with Crippen molar-refractivity contribution in [2.24, 2.45) is 0 Å². The van der Waals surface area contributed by atoms with Crippen LogP contribution in [0.25, 0.3) is 0 Å². The molecule has 19 heavy (non-hydrogen) atoms. The average molecular weight is 286 g/mol. The Morgan fingerprint density at radius 3 is 2.42 bits per heavy atom. The van der Waals surface area contributed by atoms with E-state index < -0.39 is 22.2 Å². The summed E-state index contributed by atoms with van der Waals surface area (Å²) in [5, 5.41) is 0. The Morgan fingerprint density at radius 2 is 1.89 bits per heavy atom. The van der Waals surface area contributed by atoms with E-state index in [1.54, 1.807) is 0 Å². The Morgan fingerprint density at radius 1 is 1.26 bits per heavy atom. The topological polar surface area (TPSA) is 69.7 Å². The molecule has 0 fully saturated rings. The lowest BCUT2D eigenvalue weighted by Crippen LogP contribution is -2.28. The number of hydrogen-bond acceptors (Lipinski definition) is 5. The normalized spacial score (nSPS) is 12.9. The Labute approximate surface area is 113 Å². The van der Waals surface area contributed by atoms with Gasteiger partial charge in [0.15, 0.2) is 6.10 Å². The van der Waals surface area contributed by atoms with Gasteiger partial charge in [-0.15, -0.1) is 0 Å². The van der Waals surface area contributed by atoms with E-state index in [0.717, 1.165) is 11.8 Å². The molecule has 0 aliphatic rings. The minimum atomic E-state index is -3.67. The predicted molar refractivity (Wildman–Crippen MR) is 70.9 cm³/mol. The second-order valence-corrected chi connectivity index (χ2v) is 5.77. The minimum Gasteiger partial charge on any atom is -0.459 e. The standard InChI is InChI=1S/C13H18O5S/c1-3-7-12(18-19(2,15)16)13(14)17-10-11-8-5-4-6-9-11/h4-6,8-9,12H,3,7,10H2,1-2H3/t12-/m1/s1. The molecule has 0 aliphatic carbocycles. The quantitative estimate of drug-likeness (QED) is 0.565. The molecular formula is C13H18O5S. The summed E-state index contributed by atoms with van der Waals surface area (Å²) in [5.41, 5.74) is 0.838. The van der Waals surface area contributed by atoms with Crippen LogP contribution in [0.5, 0.6) is 0 Å². The van der Waals surface area contributed by atoms with Gasteiger partial charge in [0.05, 0.1) is 6.26 Å². The molecule has 1 aromatic rings. The first-order chi connectivity index (χ1) is 8.92. The third kappa shape index (κ3) is 6.35. The van der Waals surface area contributed by atoms with Crippen LogP contribution in [0, 0.1) is 0 Å². The van der Waals surface area contributed by atoms with Gasteiger partial charge in [-0.2, -0.15) is 8.42 Å². The van der Waals surface area contributed by atoms with Crippen molar-refractivity contribution in [2.45, 2.75) is 32.5 Å². The Bertz CT molecular complexity index is 495. The molecule has 0 unspecified atom stereocenters. The molecule has 1 rings (SSSR count). The highest BCUT2D eigenvalue weighted by Crippen LogP contribution is 2.10. The van der Waals surface area contributed by atoms with E-state index in [2.05, 4.69) is 0 Å². The van der Waals surface area contributed by atoms with Crippen LogP contribution in [-0.2, 0) is 30.4 Å². The highest BCUT2D eigenvalue weighted by atomic mass is 32.2. The van der Waals surface area contributed by atoms with E-state index in [9.17, 15) is 13.2 Å². The van der Waals surface area contributed by atoms with Crippen LogP contribution in [0.4, 0.5) is 0 Å². The molecule has 106 valence electrons. The summed E-state index contributed by atoms with van der Waals surface area (Å²) in [7, 11) is -3.67. The van der Waals surface area contributed by atoms with Gasteiger partial charge >= 0.3 is 5.97 Å². The van der Waals surface area contributed by atoms with Crippen LogP contribution >= 0.6 is 0 Å². The second-order valence-electron chi connectivity index (χ2n) is 4.17. The van der Waals surface area contributed by atoms with Gasteiger partial charge in [-0.05, 0) is 12.0 Å². The number of carbonyl (C=O) groups is 1. The fourth-order valence-corrected chi connectivity index (χ4v) is 2.10. The van der Waals surface area contributed by atoms with Crippen LogP contribution in [0.2, 0.25) is 0 Å². The Hall–Kier alpha value is -1.40. The Balaban J connectivity index is 2.57. The van der Waals surface area contributed by atoms with Crippen LogP contribution in [0.3, 0.4) is 0 Å². The van der Waals surface area contributed by atoms with E-state index in [-0.39, 0.29) is 6.61 Å². The maximum absolute atomic E-state index is 11.8. The van der Waals surface area contributed by atoms with Gasteiger partial charge in [0.1, 0.15) is 6.61 Å². The van der Waals surface area contributed by atoms with Crippen LogP contribution in [-0.4, -0.2) is 26.7 Å². The molecule has 0 spiro atoms. The molecule has 6 heteroatoms. The third-order valence-corrected chi connectivity index (χ3v) is 2.91. The van der Waals surface area contributed by atoms with Gasteiger partial charge < -0.3 is 4.74 Å². The monoisotopic (exact) mass is 286 g/mol. The first-order valence-corrected chi connectivity index (χ1v) is 7.83. The molecule has 0 bridgehead atoms. The zero-order chi connectivity index (χ0) is 14.3. The van der Waals surface area contributed by atoms with Crippen molar-refractivity contribution in [1.82, 2.24) is 0 Å². The van der Waals surface area contributed by atoms with Gasteiger partial charge in [0, 0.05) is 0 Å². The molecule has 1 aromatic carbocycles. The predicted octanol–water partition coefficient (Wildman–Crippen LogP) is 1.87. The maximum Gasteiger partial charge on any atom is 0.337 e. The minimum absolute atomic E-state index is 0.104. The molecule has 0 amide bonds. The molecular weight excluding hydrogens is 268 g/mol. The lowest BCUT2D eigenvalue weighted by atomic mass is 10.2. The molecule has 0 radical (unpaired) electrons. The number of rotatable bonds is 7. The molecule has 1 atom stereocenters. The lowest BCUT2D eigenvalue weighted by molar-refractivity contribution is -0.153. The van der Waals surface area contributed by atoms with Crippen molar-refractivity contribution in [3.63, 3.8) is 0 Å². The van der Waals surface area contributed by atoms with Gasteiger partial charge in [-0.25, -0.2) is 4.79 Å². The van der Waals surface area contributed by atoms with Gasteiger partial charge in [-0.1, -0.05) is 43.7 Å². The summed E-state index contributed by atoms with van der Waals surface area (Å²) in [4.78, 5) is 11.8. The van der Waals surface area contributed by atoms with E-state index in [0.29, 0.717) is 12.8 Å². The van der Waals surface area contributed by atoms with Crippen molar-refractivity contribution in [2.75, 3.05) is 6.26 Å². The highest BCUT2D eigenvalue weighted by molar-refractivity contribution is 7.86. The number of hydrogen-bond donors (Lipinski definition) is 0. The summed E-state index contributed by atoms with van der Waals surface area (Å²) in [6, 6.07) is 9.16. The number of carbonyl (C=O) groups excluding carboxylic acids is 1. The summed E-state index contributed by atoms with van der Waals surface area (Å²) < 4.78 is 31.9. The van der Waals surface area contributed by atoms with E-state index >= 15 is 0 Å². The molecule has 0 saturated heterocycles. The molecule has 0 saturated carbocycles. The fourth-order valence-electron chi connectivity index (χ4n) is 1.50. The third-order valence-electron chi connectivity index (χ3n) is 2.33. The van der Waals surface area contributed by atoms with E-state index in [1.165, 1.54) is 0 Å². The molecule has 5 nitrogen and oxygen atoms in total. The summed E-state index contributed by atoms with van der Waals surface area (Å²) in [5.74, 6) is -0.656. The Kier molecular flexibility index (Phi) is 5.98. The van der Waals surface area contributed by atoms with Gasteiger partial charge in [0.2, 0.25) is 0 Å². The smallest absolute Gasteiger partial charge is 0.337 e. The fraction of sp³-hybridized carbons (Fsp3) is 0.462. The number of ether oxygens (including phenoxy) is 1. The molecule has 0 aliphatic heterocycles. The van der Waals surface area contributed by atoms with E-state index in [4.69, 9.17) is 8.92 Å². The number of esters is 1. The van der Waals surface area contributed by atoms with Crippen molar-refractivity contribution in [3.05, 3.63) is 35.9 Å². The molecule has 0 N–H and O–H groups in total. The second kappa shape index (κ2) is 7.25. The zero-order valence-electron chi connectivity index (χ0n) is 11.0. The van der Waals surface area contributed by atoms with Crippen molar-refractivity contribution in [1.29, 1.82) is 0 Å². The first kappa shape index (κ1) is 15.7. The lowest BCUT2D eigenvalue weighted by Gasteiger charge is -2.14. The molecule has 0 heterocycles. The van der Waals surface area contributed by atoms with Gasteiger partial charge in [-0.3, -0.25) is 4.18 Å². The average Bonchev–Trinajstić information content (AvgIpc) is 2.35. The van der Waals surface area contributed by atoms with Gasteiger partial charge in [0.25, 0.3) is 10.1 Å².